The minimum atomic E-state index is -2.34. The third-order valence-electron chi connectivity index (χ3n) is 2.22. The molecule has 0 aliphatic heterocycles. The number of hydrogen-bond donors (Lipinski definition) is 2. The lowest BCUT2D eigenvalue weighted by Gasteiger charge is -2.17. The minimum absolute atomic E-state index is 0.0837. The molecule has 84 valence electrons. The van der Waals surface area contributed by atoms with Crippen LogP contribution in [0.4, 0.5) is 8.78 Å². The summed E-state index contributed by atoms with van der Waals surface area (Å²) < 4.78 is 24.0. The van der Waals surface area contributed by atoms with E-state index in [-0.39, 0.29) is 18.3 Å². The van der Waals surface area contributed by atoms with Gasteiger partial charge in [0, 0.05) is 6.04 Å². The highest BCUT2D eigenvalue weighted by molar-refractivity contribution is 5.27. The minimum Gasteiger partial charge on any atom is -0.508 e. The van der Waals surface area contributed by atoms with Gasteiger partial charge in [0.15, 0.2) is 0 Å². The summed E-state index contributed by atoms with van der Waals surface area (Å²) in [5, 5.41) is 11.9. The van der Waals surface area contributed by atoms with Crippen LogP contribution in [0.2, 0.25) is 0 Å². The van der Waals surface area contributed by atoms with Crippen LogP contribution in [0.1, 0.15) is 24.9 Å². The molecule has 1 aromatic carbocycles. The summed E-state index contributed by atoms with van der Waals surface area (Å²) in [6.45, 7) is 1.62. The molecule has 0 bridgehead atoms. The van der Waals surface area contributed by atoms with Crippen molar-refractivity contribution in [1.82, 2.24) is 5.32 Å². The van der Waals surface area contributed by atoms with Gasteiger partial charge >= 0.3 is 0 Å². The molecule has 1 aromatic rings. The van der Waals surface area contributed by atoms with E-state index in [9.17, 15) is 8.78 Å². The van der Waals surface area contributed by atoms with Gasteiger partial charge in [-0.25, -0.2) is 8.78 Å². The average molecular weight is 215 g/mol. The molecule has 4 heteroatoms. The Hall–Kier alpha value is -1.16. The van der Waals surface area contributed by atoms with E-state index in [0.29, 0.717) is 0 Å². The largest absolute Gasteiger partial charge is 0.508 e. The van der Waals surface area contributed by atoms with E-state index in [1.54, 1.807) is 24.3 Å². The number of nitrogens with one attached hydrogen (secondary N) is 1. The van der Waals surface area contributed by atoms with Crippen molar-refractivity contribution in [2.24, 2.45) is 0 Å². The fourth-order valence-corrected chi connectivity index (χ4v) is 1.44. The summed E-state index contributed by atoms with van der Waals surface area (Å²) in [5.41, 5.74) is 0.913. The van der Waals surface area contributed by atoms with Gasteiger partial charge in [-0.05, 0) is 24.1 Å². The molecule has 0 heterocycles. The van der Waals surface area contributed by atoms with Crippen molar-refractivity contribution < 1.29 is 13.9 Å². The molecular formula is C11H15F2NO. The maximum atomic E-state index is 12.0. The second kappa shape index (κ2) is 5.66. The summed E-state index contributed by atoms with van der Waals surface area (Å²) >= 11 is 0. The molecule has 0 saturated heterocycles. The summed E-state index contributed by atoms with van der Waals surface area (Å²) in [7, 11) is 0. The highest BCUT2D eigenvalue weighted by Gasteiger charge is 2.11. The van der Waals surface area contributed by atoms with E-state index in [1.807, 2.05) is 6.92 Å². The Morgan fingerprint density at radius 1 is 1.27 bits per heavy atom. The molecule has 2 N–H and O–H groups in total. The van der Waals surface area contributed by atoms with Gasteiger partial charge in [0.05, 0.1) is 6.54 Å². The summed E-state index contributed by atoms with van der Waals surface area (Å²) in [6, 6.07) is 6.51. The van der Waals surface area contributed by atoms with Crippen molar-refractivity contribution in [2.75, 3.05) is 6.54 Å². The Morgan fingerprint density at radius 3 is 2.33 bits per heavy atom. The first kappa shape index (κ1) is 11.9. The predicted octanol–water partition coefficient (Wildman–Crippen LogP) is 2.70. The maximum absolute atomic E-state index is 12.0. The standard InChI is InChI=1S/C11H15F2NO/c1-2-10(14-7-11(12)13)8-3-5-9(15)6-4-8/h3-6,10-11,14-15H,2,7H2,1H3. The van der Waals surface area contributed by atoms with Crippen molar-refractivity contribution in [2.45, 2.75) is 25.8 Å². The van der Waals surface area contributed by atoms with Crippen LogP contribution in [0.25, 0.3) is 0 Å². The number of aromatic hydroxyl groups is 1. The van der Waals surface area contributed by atoms with Crippen LogP contribution in [0.5, 0.6) is 5.75 Å². The molecule has 1 atom stereocenters. The van der Waals surface area contributed by atoms with Crippen LogP contribution in [-0.2, 0) is 0 Å². The van der Waals surface area contributed by atoms with E-state index in [2.05, 4.69) is 5.32 Å². The highest BCUT2D eigenvalue weighted by atomic mass is 19.3. The van der Waals surface area contributed by atoms with E-state index in [1.165, 1.54) is 0 Å². The van der Waals surface area contributed by atoms with Gasteiger partial charge in [-0.15, -0.1) is 0 Å². The second-order valence-electron chi connectivity index (χ2n) is 3.35. The fourth-order valence-electron chi connectivity index (χ4n) is 1.44. The third-order valence-corrected chi connectivity index (χ3v) is 2.22. The van der Waals surface area contributed by atoms with Crippen LogP contribution in [0.3, 0.4) is 0 Å². The number of hydrogen-bond acceptors (Lipinski definition) is 2. The van der Waals surface area contributed by atoms with Crippen LogP contribution in [0, 0.1) is 0 Å². The van der Waals surface area contributed by atoms with Gasteiger partial charge in [-0.3, -0.25) is 0 Å². The summed E-state index contributed by atoms with van der Waals surface area (Å²) in [6.07, 6.45) is -1.60. The van der Waals surface area contributed by atoms with Crippen molar-refractivity contribution in [1.29, 1.82) is 0 Å². The zero-order chi connectivity index (χ0) is 11.3. The average Bonchev–Trinajstić information content (AvgIpc) is 2.21. The molecule has 0 aliphatic carbocycles. The molecule has 15 heavy (non-hydrogen) atoms. The number of phenols is 1. The smallest absolute Gasteiger partial charge is 0.250 e. The molecule has 0 saturated carbocycles. The first-order valence-corrected chi connectivity index (χ1v) is 4.94. The number of benzene rings is 1. The van der Waals surface area contributed by atoms with E-state index >= 15 is 0 Å². The van der Waals surface area contributed by atoms with Crippen LogP contribution < -0.4 is 5.32 Å². The van der Waals surface area contributed by atoms with Gasteiger partial charge in [0.1, 0.15) is 5.75 Å². The molecular weight excluding hydrogens is 200 g/mol. The Bertz CT molecular complexity index is 287. The van der Waals surface area contributed by atoms with Crippen molar-refractivity contribution in [3.63, 3.8) is 0 Å². The zero-order valence-electron chi connectivity index (χ0n) is 8.58. The highest BCUT2D eigenvalue weighted by Crippen LogP contribution is 2.19. The predicted molar refractivity (Wildman–Crippen MR) is 55.1 cm³/mol. The van der Waals surface area contributed by atoms with Crippen LogP contribution in [-0.4, -0.2) is 18.1 Å². The monoisotopic (exact) mass is 215 g/mol. The molecule has 0 fully saturated rings. The Labute approximate surface area is 87.9 Å². The number of alkyl halides is 2. The Morgan fingerprint density at radius 2 is 1.87 bits per heavy atom. The Balaban J connectivity index is 2.61. The van der Waals surface area contributed by atoms with E-state index in [4.69, 9.17) is 5.11 Å². The van der Waals surface area contributed by atoms with Crippen molar-refractivity contribution >= 4 is 0 Å². The van der Waals surface area contributed by atoms with Gasteiger partial charge in [0.2, 0.25) is 0 Å². The third kappa shape index (κ3) is 3.83. The van der Waals surface area contributed by atoms with Crippen LogP contribution >= 0.6 is 0 Å². The van der Waals surface area contributed by atoms with Crippen molar-refractivity contribution in [3.8, 4) is 5.75 Å². The molecule has 0 spiro atoms. The number of phenolic OH excluding ortho intramolecular Hbond substituents is 1. The Kier molecular flexibility index (Phi) is 4.49. The molecule has 0 radical (unpaired) electrons. The number of rotatable bonds is 5. The quantitative estimate of drug-likeness (QED) is 0.791. The van der Waals surface area contributed by atoms with E-state index < -0.39 is 6.43 Å². The lowest BCUT2D eigenvalue weighted by atomic mass is 10.0. The molecule has 1 rings (SSSR count). The molecule has 0 aliphatic rings. The lowest BCUT2D eigenvalue weighted by molar-refractivity contribution is 0.141. The molecule has 0 aromatic heterocycles. The normalized spacial score (nSPS) is 13.1. The van der Waals surface area contributed by atoms with Gasteiger partial charge in [0.25, 0.3) is 6.43 Å². The van der Waals surface area contributed by atoms with Crippen LogP contribution in [0.15, 0.2) is 24.3 Å². The topological polar surface area (TPSA) is 32.3 Å². The lowest BCUT2D eigenvalue weighted by Crippen LogP contribution is -2.26. The zero-order valence-corrected chi connectivity index (χ0v) is 8.58. The summed E-state index contributed by atoms with van der Waals surface area (Å²) in [5.74, 6) is 0.183. The van der Waals surface area contributed by atoms with E-state index in [0.717, 1.165) is 12.0 Å². The SMILES string of the molecule is CCC(NCC(F)F)c1ccc(O)cc1. The fraction of sp³-hybridized carbons (Fsp3) is 0.455. The molecule has 1 unspecified atom stereocenters. The maximum Gasteiger partial charge on any atom is 0.250 e. The van der Waals surface area contributed by atoms with Gasteiger partial charge in [-0.1, -0.05) is 19.1 Å². The van der Waals surface area contributed by atoms with Gasteiger partial charge < -0.3 is 10.4 Å². The molecule has 2 nitrogen and oxygen atoms in total. The first-order valence-electron chi connectivity index (χ1n) is 4.94. The summed E-state index contributed by atoms with van der Waals surface area (Å²) in [4.78, 5) is 0. The van der Waals surface area contributed by atoms with Crippen molar-refractivity contribution in [3.05, 3.63) is 29.8 Å². The molecule has 0 amide bonds. The van der Waals surface area contributed by atoms with Gasteiger partial charge in [-0.2, -0.15) is 0 Å². The first-order chi connectivity index (χ1) is 7.13. The number of halogens is 2. The second-order valence-corrected chi connectivity index (χ2v) is 3.35.